The third-order valence-corrected chi connectivity index (χ3v) is 3.73. The van der Waals surface area contributed by atoms with Crippen LogP contribution >= 0.6 is 15.9 Å². The van der Waals surface area contributed by atoms with Gasteiger partial charge in [0.2, 0.25) is 0 Å². The lowest BCUT2D eigenvalue weighted by Crippen LogP contribution is -2.38. The summed E-state index contributed by atoms with van der Waals surface area (Å²) in [7, 11) is 0. The highest BCUT2D eigenvalue weighted by molar-refractivity contribution is 9.10. The van der Waals surface area contributed by atoms with Crippen molar-refractivity contribution in [1.29, 1.82) is 0 Å². The summed E-state index contributed by atoms with van der Waals surface area (Å²) in [6, 6.07) is 3.84. The Balaban J connectivity index is 2.18. The molecule has 104 valence electrons. The van der Waals surface area contributed by atoms with Gasteiger partial charge in [-0.2, -0.15) is 0 Å². The quantitative estimate of drug-likeness (QED) is 0.767. The Bertz CT molecular complexity index is 447. The smallest absolute Gasteiger partial charge is 0.251 e. The number of pyridine rings is 1. The molecule has 0 amide bonds. The largest absolute Gasteiger partial charge is 0.371 e. The van der Waals surface area contributed by atoms with Gasteiger partial charge in [-0.25, -0.2) is 13.8 Å². The molecule has 0 spiro atoms. The molecule has 0 aromatic carbocycles. The van der Waals surface area contributed by atoms with Crippen molar-refractivity contribution < 1.29 is 8.78 Å². The molecular weight excluding hydrogens is 314 g/mol. The van der Waals surface area contributed by atoms with Crippen LogP contribution in [-0.4, -0.2) is 28.9 Å². The van der Waals surface area contributed by atoms with Crippen LogP contribution in [0.5, 0.6) is 0 Å². The van der Waals surface area contributed by atoms with Crippen molar-refractivity contribution in [3.8, 4) is 0 Å². The van der Waals surface area contributed by atoms with Gasteiger partial charge in [-0.15, -0.1) is 0 Å². The van der Waals surface area contributed by atoms with Crippen molar-refractivity contribution in [2.45, 2.75) is 32.1 Å². The van der Waals surface area contributed by atoms with Crippen LogP contribution in [0.2, 0.25) is 0 Å². The molecule has 0 unspecified atom stereocenters. The minimum Gasteiger partial charge on any atom is -0.371 e. The van der Waals surface area contributed by atoms with Gasteiger partial charge in [0.15, 0.2) is 0 Å². The Morgan fingerprint density at radius 1 is 1.42 bits per heavy atom. The van der Waals surface area contributed by atoms with Crippen molar-refractivity contribution in [3.05, 3.63) is 34.6 Å². The third kappa shape index (κ3) is 3.75. The van der Waals surface area contributed by atoms with Crippen molar-refractivity contribution >= 4 is 21.6 Å². The Kier molecular flexibility index (Phi) is 4.55. The Labute approximate surface area is 120 Å². The molecule has 1 fully saturated rings. The van der Waals surface area contributed by atoms with Gasteiger partial charge in [0.05, 0.1) is 0 Å². The van der Waals surface area contributed by atoms with Gasteiger partial charge in [-0.1, -0.05) is 13.0 Å². The second-order valence-electron chi connectivity index (χ2n) is 4.71. The topological polar surface area (TPSA) is 16.1 Å². The van der Waals surface area contributed by atoms with Crippen LogP contribution in [0.1, 0.15) is 31.7 Å². The first-order valence-corrected chi connectivity index (χ1v) is 7.26. The van der Waals surface area contributed by atoms with Crippen LogP contribution in [0.25, 0.3) is 5.70 Å². The first-order chi connectivity index (χ1) is 9.02. The van der Waals surface area contributed by atoms with Crippen molar-refractivity contribution in [1.82, 2.24) is 9.88 Å². The Morgan fingerprint density at radius 2 is 2.11 bits per heavy atom. The summed E-state index contributed by atoms with van der Waals surface area (Å²) in [4.78, 5) is 6.24. The lowest BCUT2D eigenvalue weighted by atomic mass is 10.0. The van der Waals surface area contributed by atoms with E-state index in [2.05, 4.69) is 27.0 Å². The SMILES string of the molecule is CCC=C(c1ccc(Br)nc1)N1CCC(F)(F)CC1. The first-order valence-electron chi connectivity index (χ1n) is 6.47. The lowest BCUT2D eigenvalue weighted by molar-refractivity contribution is -0.0450. The number of halogens is 3. The predicted molar refractivity (Wildman–Crippen MR) is 76.0 cm³/mol. The average Bonchev–Trinajstić information content (AvgIpc) is 2.38. The molecule has 0 radical (unpaired) electrons. The fourth-order valence-corrected chi connectivity index (χ4v) is 2.46. The molecule has 5 heteroatoms. The van der Waals surface area contributed by atoms with E-state index >= 15 is 0 Å². The van der Waals surface area contributed by atoms with Crippen molar-refractivity contribution in [3.63, 3.8) is 0 Å². The molecule has 1 aromatic heterocycles. The van der Waals surface area contributed by atoms with E-state index in [4.69, 9.17) is 0 Å². The molecule has 0 bridgehead atoms. The highest BCUT2D eigenvalue weighted by atomic mass is 79.9. The number of piperidine rings is 1. The lowest BCUT2D eigenvalue weighted by Gasteiger charge is -2.35. The minimum absolute atomic E-state index is 0.0714. The summed E-state index contributed by atoms with van der Waals surface area (Å²) >= 11 is 3.30. The van der Waals surface area contributed by atoms with E-state index in [0.29, 0.717) is 13.1 Å². The summed E-state index contributed by atoms with van der Waals surface area (Å²) < 4.78 is 27.2. The summed E-state index contributed by atoms with van der Waals surface area (Å²) in [5.41, 5.74) is 1.99. The van der Waals surface area contributed by atoms with Gasteiger partial charge in [-0.05, 0) is 34.5 Å². The fourth-order valence-electron chi connectivity index (χ4n) is 2.22. The predicted octanol–water partition coefficient (Wildman–Crippen LogP) is 4.33. The van der Waals surface area contributed by atoms with Gasteiger partial charge in [0.1, 0.15) is 4.60 Å². The zero-order valence-electron chi connectivity index (χ0n) is 10.9. The van der Waals surface area contributed by atoms with E-state index in [0.717, 1.165) is 22.3 Å². The Hall–Kier alpha value is -0.970. The Morgan fingerprint density at radius 3 is 2.63 bits per heavy atom. The summed E-state index contributed by atoms with van der Waals surface area (Å²) in [6.07, 6.45) is 4.58. The van der Waals surface area contributed by atoms with E-state index in [-0.39, 0.29) is 12.8 Å². The highest BCUT2D eigenvalue weighted by Crippen LogP contribution is 2.32. The summed E-state index contributed by atoms with van der Waals surface area (Å²) in [5, 5.41) is 0. The second kappa shape index (κ2) is 5.99. The van der Waals surface area contributed by atoms with E-state index in [9.17, 15) is 8.78 Å². The monoisotopic (exact) mass is 330 g/mol. The molecule has 1 aromatic rings. The first kappa shape index (κ1) is 14.4. The van der Waals surface area contributed by atoms with E-state index in [1.165, 1.54) is 0 Å². The highest BCUT2D eigenvalue weighted by Gasteiger charge is 2.34. The molecule has 2 rings (SSSR count). The van der Waals surface area contributed by atoms with Crippen molar-refractivity contribution in [2.75, 3.05) is 13.1 Å². The number of aromatic nitrogens is 1. The number of nitrogens with zero attached hydrogens (tertiary/aromatic N) is 2. The zero-order chi connectivity index (χ0) is 13.9. The maximum absolute atomic E-state index is 13.2. The van der Waals surface area contributed by atoms with Crippen LogP contribution in [0, 0.1) is 0 Å². The number of rotatable bonds is 3. The molecule has 19 heavy (non-hydrogen) atoms. The fraction of sp³-hybridized carbons (Fsp3) is 0.500. The average molecular weight is 331 g/mol. The van der Waals surface area contributed by atoms with Gasteiger partial charge >= 0.3 is 0 Å². The molecular formula is C14H17BrF2N2. The normalized spacial score (nSPS) is 19.6. The standard InChI is InChI=1S/C14H17BrF2N2/c1-2-3-12(11-4-5-13(15)18-10-11)19-8-6-14(16,17)7-9-19/h3-5,10H,2,6-9H2,1H3. The summed E-state index contributed by atoms with van der Waals surface area (Å²) in [5.74, 6) is -2.51. The van der Waals surface area contributed by atoms with Crippen LogP contribution in [0.3, 0.4) is 0 Å². The number of alkyl halides is 2. The van der Waals surface area contributed by atoms with Crippen LogP contribution in [0.15, 0.2) is 29.0 Å². The molecule has 0 saturated carbocycles. The van der Waals surface area contributed by atoms with Gasteiger partial charge in [-0.3, -0.25) is 0 Å². The maximum Gasteiger partial charge on any atom is 0.251 e. The molecule has 1 aliphatic heterocycles. The number of allylic oxidation sites excluding steroid dienone is 1. The molecule has 0 atom stereocenters. The second-order valence-corrected chi connectivity index (χ2v) is 5.52. The molecule has 1 saturated heterocycles. The van der Waals surface area contributed by atoms with Crippen LogP contribution < -0.4 is 0 Å². The zero-order valence-corrected chi connectivity index (χ0v) is 12.5. The molecule has 0 aliphatic carbocycles. The maximum atomic E-state index is 13.2. The van der Waals surface area contributed by atoms with Gasteiger partial charge in [0, 0.05) is 43.4 Å². The van der Waals surface area contributed by atoms with Gasteiger partial charge in [0.25, 0.3) is 5.92 Å². The molecule has 1 aliphatic rings. The number of hydrogen-bond acceptors (Lipinski definition) is 2. The summed E-state index contributed by atoms with van der Waals surface area (Å²) in [6.45, 7) is 2.84. The van der Waals surface area contributed by atoms with Crippen LogP contribution in [-0.2, 0) is 0 Å². The van der Waals surface area contributed by atoms with E-state index in [1.54, 1.807) is 6.20 Å². The molecule has 2 heterocycles. The van der Waals surface area contributed by atoms with E-state index < -0.39 is 5.92 Å². The van der Waals surface area contributed by atoms with E-state index in [1.807, 2.05) is 24.0 Å². The van der Waals surface area contributed by atoms with Crippen molar-refractivity contribution in [2.24, 2.45) is 0 Å². The molecule has 0 N–H and O–H groups in total. The van der Waals surface area contributed by atoms with Crippen LogP contribution in [0.4, 0.5) is 8.78 Å². The number of hydrogen-bond donors (Lipinski definition) is 0. The van der Waals surface area contributed by atoms with Gasteiger partial charge < -0.3 is 4.90 Å². The minimum atomic E-state index is -2.51. The molecule has 2 nitrogen and oxygen atoms in total. The third-order valence-electron chi connectivity index (χ3n) is 3.26. The number of likely N-dealkylation sites (tertiary alicyclic amines) is 1.